The lowest BCUT2D eigenvalue weighted by Crippen LogP contribution is -2.27. The van der Waals surface area contributed by atoms with Crippen LogP contribution in [0.3, 0.4) is 0 Å². The molecule has 0 saturated carbocycles. The van der Waals surface area contributed by atoms with Crippen LogP contribution in [-0.2, 0) is 24.1 Å². The number of aryl methyl sites for hydroxylation is 2. The topological polar surface area (TPSA) is 56.2 Å². The standard InChI is InChI=1S/C19H23N3O2/c1-19(2,3)24-18(23)22-11-14-10-20-16-9-13-7-5-4-6-12(13)8-15(16)17(14)21-22/h8-9,11,20H,4-7,10H2,1-3H3. The summed E-state index contributed by atoms with van der Waals surface area (Å²) in [4.78, 5) is 12.3. The predicted molar refractivity (Wildman–Crippen MR) is 93.3 cm³/mol. The van der Waals surface area contributed by atoms with E-state index in [0.717, 1.165) is 35.3 Å². The van der Waals surface area contributed by atoms with Crippen molar-refractivity contribution in [1.82, 2.24) is 9.78 Å². The molecule has 126 valence electrons. The average molecular weight is 325 g/mol. The van der Waals surface area contributed by atoms with Gasteiger partial charge in [0.05, 0.1) is 0 Å². The first kappa shape index (κ1) is 15.2. The molecule has 1 aliphatic carbocycles. The first-order valence-corrected chi connectivity index (χ1v) is 8.63. The van der Waals surface area contributed by atoms with E-state index >= 15 is 0 Å². The van der Waals surface area contributed by atoms with Crippen LogP contribution in [0.5, 0.6) is 0 Å². The van der Waals surface area contributed by atoms with Gasteiger partial charge in [-0.15, -0.1) is 0 Å². The van der Waals surface area contributed by atoms with Gasteiger partial charge in [-0.2, -0.15) is 9.78 Å². The van der Waals surface area contributed by atoms with Crippen molar-refractivity contribution in [2.45, 2.75) is 58.6 Å². The molecule has 2 aromatic rings. The molecule has 0 amide bonds. The Morgan fingerprint density at radius 1 is 1.17 bits per heavy atom. The molecule has 0 spiro atoms. The zero-order valence-electron chi connectivity index (χ0n) is 14.5. The van der Waals surface area contributed by atoms with Gasteiger partial charge in [0.25, 0.3) is 0 Å². The number of carbonyl (C=O) groups excluding carboxylic acids is 1. The molecular formula is C19H23N3O2. The van der Waals surface area contributed by atoms with E-state index < -0.39 is 11.7 Å². The average Bonchev–Trinajstić information content (AvgIpc) is 2.96. The lowest BCUT2D eigenvalue weighted by atomic mass is 9.87. The number of hydrogen-bond donors (Lipinski definition) is 1. The second-order valence-corrected chi connectivity index (χ2v) is 7.66. The second kappa shape index (κ2) is 5.36. The summed E-state index contributed by atoms with van der Waals surface area (Å²) in [6.07, 6.45) is 6.15. The molecule has 24 heavy (non-hydrogen) atoms. The molecule has 0 fully saturated rings. The van der Waals surface area contributed by atoms with E-state index in [-0.39, 0.29) is 0 Å². The molecule has 5 heteroatoms. The molecule has 4 rings (SSSR count). The number of fused-ring (bicyclic) bond motifs is 4. The van der Waals surface area contributed by atoms with Crippen molar-refractivity contribution in [3.8, 4) is 11.3 Å². The molecule has 0 unspecified atom stereocenters. The van der Waals surface area contributed by atoms with Gasteiger partial charge >= 0.3 is 6.09 Å². The first-order chi connectivity index (χ1) is 11.4. The molecule has 5 nitrogen and oxygen atoms in total. The third-order valence-electron chi connectivity index (χ3n) is 4.58. The Balaban J connectivity index is 1.72. The number of nitrogens with one attached hydrogen (secondary N) is 1. The number of rotatable bonds is 0. The highest BCUT2D eigenvalue weighted by Crippen LogP contribution is 2.38. The number of aromatic nitrogens is 2. The van der Waals surface area contributed by atoms with Gasteiger partial charge in [-0.1, -0.05) is 0 Å². The summed E-state index contributed by atoms with van der Waals surface area (Å²) >= 11 is 0. The SMILES string of the molecule is CC(C)(C)OC(=O)n1cc2c(n1)-c1cc3c(cc1NC2)CCCC3. The number of hydrogen-bond acceptors (Lipinski definition) is 4. The monoisotopic (exact) mass is 325 g/mol. The minimum absolute atomic E-state index is 0.434. The Morgan fingerprint density at radius 2 is 1.88 bits per heavy atom. The summed E-state index contributed by atoms with van der Waals surface area (Å²) in [7, 11) is 0. The maximum atomic E-state index is 12.3. The molecule has 1 aromatic heterocycles. The summed E-state index contributed by atoms with van der Waals surface area (Å²) in [5.74, 6) is 0. The van der Waals surface area contributed by atoms with Gasteiger partial charge in [-0.25, -0.2) is 4.79 Å². The van der Waals surface area contributed by atoms with Gasteiger partial charge in [0.2, 0.25) is 0 Å². The smallest absolute Gasteiger partial charge is 0.435 e. The number of carbonyl (C=O) groups is 1. The Hall–Kier alpha value is -2.30. The number of anilines is 1. The van der Waals surface area contributed by atoms with E-state index in [9.17, 15) is 4.79 Å². The van der Waals surface area contributed by atoms with E-state index in [1.807, 2.05) is 20.8 Å². The molecule has 1 aliphatic heterocycles. The Kier molecular flexibility index (Phi) is 3.41. The second-order valence-electron chi connectivity index (χ2n) is 7.66. The Labute approximate surface area is 142 Å². The Bertz CT molecular complexity index is 815. The van der Waals surface area contributed by atoms with Crippen LogP contribution in [0, 0.1) is 0 Å². The number of benzene rings is 1. The van der Waals surface area contributed by atoms with Crippen molar-refractivity contribution in [2.24, 2.45) is 0 Å². The molecular weight excluding hydrogens is 302 g/mol. The van der Waals surface area contributed by atoms with Crippen LogP contribution < -0.4 is 5.32 Å². The molecule has 2 aliphatic rings. The normalized spacial score (nSPS) is 15.8. The van der Waals surface area contributed by atoms with Crippen LogP contribution >= 0.6 is 0 Å². The fourth-order valence-corrected chi connectivity index (χ4v) is 3.49. The van der Waals surface area contributed by atoms with E-state index in [0.29, 0.717) is 6.54 Å². The number of nitrogens with zero attached hydrogens (tertiary/aromatic N) is 2. The summed E-state index contributed by atoms with van der Waals surface area (Å²) < 4.78 is 6.75. The van der Waals surface area contributed by atoms with Crippen molar-refractivity contribution < 1.29 is 9.53 Å². The lowest BCUT2D eigenvalue weighted by molar-refractivity contribution is 0.0515. The van der Waals surface area contributed by atoms with E-state index in [2.05, 4.69) is 22.5 Å². The molecule has 2 heterocycles. The minimum Gasteiger partial charge on any atom is -0.442 e. The Morgan fingerprint density at radius 3 is 2.58 bits per heavy atom. The summed E-state index contributed by atoms with van der Waals surface area (Å²) in [5.41, 5.74) is 6.48. The molecule has 0 atom stereocenters. The molecule has 0 saturated heterocycles. The van der Waals surface area contributed by atoms with Crippen LogP contribution in [0.2, 0.25) is 0 Å². The van der Waals surface area contributed by atoms with Crippen molar-refractivity contribution in [3.63, 3.8) is 0 Å². The molecule has 0 radical (unpaired) electrons. The first-order valence-electron chi connectivity index (χ1n) is 8.63. The van der Waals surface area contributed by atoms with Crippen LogP contribution in [0.15, 0.2) is 18.3 Å². The van der Waals surface area contributed by atoms with Gasteiger partial charge < -0.3 is 10.1 Å². The zero-order valence-corrected chi connectivity index (χ0v) is 14.5. The highest BCUT2D eigenvalue weighted by molar-refractivity contribution is 5.83. The molecule has 1 aromatic carbocycles. The van der Waals surface area contributed by atoms with Gasteiger partial charge in [0.15, 0.2) is 0 Å². The summed E-state index contributed by atoms with van der Waals surface area (Å²) in [6, 6.07) is 4.51. The van der Waals surface area contributed by atoms with E-state index in [4.69, 9.17) is 4.74 Å². The van der Waals surface area contributed by atoms with Crippen LogP contribution in [0.25, 0.3) is 11.3 Å². The zero-order chi connectivity index (χ0) is 16.9. The third kappa shape index (κ3) is 2.68. The van der Waals surface area contributed by atoms with Crippen molar-refractivity contribution in [1.29, 1.82) is 0 Å². The lowest BCUT2D eigenvalue weighted by Gasteiger charge is -2.23. The van der Waals surface area contributed by atoms with Gasteiger partial charge in [0.1, 0.15) is 11.3 Å². The van der Waals surface area contributed by atoms with Crippen LogP contribution in [0.1, 0.15) is 50.3 Å². The summed E-state index contributed by atoms with van der Waals surface area (Å²) in [5, 5.41) is 7.99. The fraction of sp³-hybridized carbons (Fsp3) is 0.474. The van der Waals surface area contributed by atoms with Crippen LogP contribution in [-0.4, -0.2) is 21.5 Å². The molecule has 1 N–H and O–H groups in total. The van der Waals surface area contributed by atoms with Crippen LogP contribution in [0.4, 0.5) is 10.5 Å². The quantitative estimate of drug-likeness (QED) is 0.791. The minimum atomic E-state index is -0.529. The van der Waals surface area contributed by atoms with Crippen molar-refractivity contribution in [3.05, 3.63) is 35.0 Å². The van der Waals surface area contributed by atoms with Gasteiger partial charge in [-0.05, 0) is 69.7 Å². The van der Waals surface area contributed by atoms with Gasteiger partial charge in [0, 0.05) is 29.6 Å². The number of ether oxygens (including phenoxy) is 1. The van der Waals surface area contributed by atoms with Crippen molar-refractivity contribution >= 4 is 11.8 Å². The fourth-order valence-electron chi connectivity index (χ4n) is 3.49. The van der Waals surface area contributed by atoms with E-state index in [1.165, 1.54) is 28.7 Å². The molecule has 0 bridgehead atoms. The van der Waals surface area contributed by atoms with Gasteiger partial charge in [-0.3, -0.25) is 0 Å². The predicted octanol–water partition coefficient (Wildman–Crippen LogP) is 4.14. The highest BCUT2D eigenvalue weighted by atomic mass is 16.6. The maximum absolute atomic E-state index is 12.3. The van der Waals surface area contributed by atoms with E-state index in [1.54, 1.807) is 6.20 Å². The van der Waals surface area contributed by atoms with Crippen molar-refractivity contribution in [2.75, 3.05) is 5.32 Å². The largest absolute Gasteiger partial charge is 0.442 e. The summed E-state index contributed by atoms with van der Waals surface area (Å²) in [6.45, 7) is 6.26. The maximum Gasteiger partial charge on any atom is 0.435 e. The highest BCUT2D eigenvalue weighted by Gasteiger charge is 2.25. The third-order valence-corrected chi connectivity index (χ3v) is 4.58.